The van der Waals surface area contributed by atoms with Crippen LogP contribution in [0.3, 0.4) is 0 Å². The Balaban J connectivity index is 2.00. The highest BCUT2D eigenvalue weighted by atomic mass is 79.9. The molecule has 1 atom stereocenters. The number of carbonyl (C=O) groups excluding carboxylic acids is 1. The molecule has 2 aromatic rings. The fourth-order valence-corrected chi connectivity index (χ4v) is 3.14. The average Bonchev–Trinajstić information content (AvgIpc) is 2.87. The summed E-state index contributed by atoms with van der Waals surface area (Å²) in [6.07, 6.45) is -0.533. The molecule has 0 radical (unpaired) electrons. The molecule has 3 rings (SSSR count). The molecule has 0 saturated carbocycles. The summed E-state index contributed by atoms with van der Waals surface area (Å²) in [5.74, 6) is 0. The Bertz CT molecular complexity index is 664. The molecule has 108 valence electrons. The van der Waals surface area contributed by atoms with Gasteiger partial charge in [-0.25, -0.2) is 9.18 Å². The van der Waals surface area contributed by atoms with Gasteiger partial charge in [-0.3, -0.25) is 4.90 Å². The van der Waals surface area contributed by atoms with Crippen LogP contribution in [0.2, 0.25) is 0 Å². The lowest BCUT2D eigenvalue weighted by atomic mass is 9.95. The lowest BCUT2D eigenvalue weighted by Gasteiger charge is -2.25. The van der Waals surface area contributed by atoms with Crippen molar-refractivity contribution in [2.45, 2.75) is 5.60 Å². The van der Waals surface area contributed by atoms with Crippen LogP contribution < -0.4 is 4.90 Å². The van der Waals surface area contributed by atoms with E-state index in [1.807, 2.05) is 30.3 Å². The van der Waals surface area contributed by atoms with Gasteiger partial charge in [-0.1, -0.05) is 52.3 Å². The summed E-state index contributed by atoms with van der Waals surface area (Å²) in [6.45, 7) is -0.625. The Labute approximate surface area is 130 Å². The summed E-state index contributed by atoms with van der Waals surface area (Å²) in [4.78, 5) is 13.6. The number of amides is 1. The minimum Gasteiger partial charge on any atom is -0.433 e. The smallest absolute Gasteiger partial charge is 0.415 e. The predicted molar refractivity (Wildman–Crippen MR) is 82.1 cm³/mol. The van der Waals surface area contributed by atoms with E-state index in [2.05, 4.69) is 15.9 Å². The first-order chi connectivity index (χ1) is 10.2. The molecule has 1 fully saturated rings. The van der Waals surface area contributed by atoms with E-state index in [9.17, 15) is 9.18 Å². The summed E-state index contributed by atoms with van der Waals surface area (Å²) in [5, 5.41) is 0. The first-order valence-corrected chi connectivity index (χ1v) is 7.32. The molecule has 3 nitrogen and oxygen atoms in total. The van der Waals surface area contributed by atoms with E-state index < -0.39 is 18.4 Å². The number of alkyl halides is 1. The van der Waals surface area contributed by atoms with Gasteiger partial charge in [0.1, 0.15) is 6.67 Å². The molecular formula is C16H13BrFNO2. The summed E-state index contributed by atoms with van der Waals surface area (Å²) < 4.78 is 19.9. The number of hydrogen-bond acceptors (Lipinski definition) is 2. The standard InChI is InChI=1S/C16H13BrFNO2/c17-14-9-5-4-8-13(14)16(10-18)11-19(15(20)21-16)12-6-2-1-3-7-12/h1-9H,10-11H2/t16-/m1/s1. The van der Waals surface area contributed by atoms with Crippen molar-refractivity contribution in [3.05, 3.63) is 64.6 Å². The fraction of sp³-hybridized carbons (Fsp3) is 0.188. The van der Waals surface area contributed by atoms with Gasteiger partial charge in [0.25, 0.3) is 0 Å². The van der Waals surface area contributed by atoms with E-state index in [4.69, 9.17) is 4.74 Å². The first-order valence-electron chi connectivity index (χ1n) is 6.53. The van der Waals surface area contributed by atoms with Crippen LogP contribution in [0.5, 0.6) is 0 Å². The van der Waals surface area contributed by atoms with Crippen LogP contribution in [0.4, 0.5) is 14.9 Å². The number of anilines is 1. The Hall–Kier alpha value is -1.88. The molecule has 0 unspecified atom stereocenters. The first kappa shape index (κ1) is 14.1. The van der Waals surface area contributed by atoms with E-state index >= 15 is 0 Å². The minimum absolute atomic E-state index is 0.148. The van der Waals surface area contributed by atoms with Crippen LogP contribution in [0, 0.1) is 0 Å². The second-order valence-corrected chi connectivity index (χ2v) is 5.75. The number of halogens is 2. The molecule has 1 saturated heterocycles. The van der Waals surface area contributed by atoms with Crippen LogP contribution >= 0.6 is 15.9 Å². The Morgan fingerprint density at radius 2 is 1.81 bits per heavy atom. The quantitative estimate of drug-likeness (QED) is 0.827. The molecular weight excluding hydrogens is 337 g/mol. The molecule has 0 N–H and O–H groups in total. The van der Waals surface area contributed by atoms with Gasteiger partial charge in [-0.05, 0) is 18.2 Å². The van der Waals surface area contributed by atoms with Gasteiger partial charge in [-0.15, -0.1) is 0 Å². The lowest BCUT2D eigenvalue weighted by molar-refractivity contribution is 0.0318. The molecule has 0 aliphatic carbocycles. The molecule has 0 bridgehead atoms. The van der Waals surface area contributed by atoms with Gasteiger partial charge in [-0.2, -0.15) is 0 Å². The molecule has 2 aromatic carbocycles. The summed E-state index contributed by atoms with van der Waals surface area (Å²) in [6, 6.07) is 16.3. The average molecular weight is 350 g/mol. The van der Waals surface area contributed by atoms with Crippen molar-refractivity contribution in [1.82, 2.24) is 0 Å². The monoisotopic (exact) mass is 349 g/mol. The van der Waals surface area contributed by atoms with Gasteiger partial charge in [0.05, 0.1) is 6.54 Å². The predicted octanol–water partition coefficient (Wildman–Crippen LogP) is 4.27. The van der Waals surface area contributed by atoms with E-state index in [0.717, 1.165) is 4.47 Å². The third kappa shape index (κ3) is 2.42. The van der Waals surface area contributed by atoms with Crippen LogP contribution in [-0.2, 0) is 10.3 Å². The van der Waals surface area contributed by atoms with Crippen molar-refractivity contribution in [2.75, 3.05) is 18.1 Å². The summed E-state index contributed by atoms with van der Waals surface area (Å²) in [7, 11) is 0. The number of carbonyl (C=O) groups is 1. The number of ether oxygens (including phenoxy) is 1. The minimum atomic E-state index is -1.27. The van der Waals surface area contributed by atoms with Crippen LogP contribution in [0.1, 0.15) is 5.56 Å². The second kappa shape index (κ2) is 5.48. The molecule has 1 aliphatic rings. The third-order valence-corrected chi connectivity index (χ3v) is 4.26. The zero-order valence-corrected chi connectivity index (χ0v) is 12.7. The molecule has 1 aliphatic heterocycles. The third-order valence-electron chi connectivity index (χ3n) is 3.57. The number of cyclic esters (lactones) is 1. The number of rotatable bonds is 3. The number of hydrogen-bond donors (Lipinski definition) is 0. The highest BCUT2D eigenvalue weighted by Gasteiger charge is 2.48. The molecule has 5 heteroatoms. The number of para-hydroxylation sites is 1. The van der Waals surface area contributed by atoms with Gasteiger partial charge in [0, 0.05) is 15.7 Å². The number of benzene rings is 2. The Morgan fingerprint density at radius 1 is 1.14 bits per heavy atom. The fourth-order valence-electron chi connectivity index (χ4n) is 2.49. The lowest BCUT2D eigenvalue weighted by Crippen LogP contribution is -2.34. The van der Waals surface area contributed by atoms with Crippen LogP contribution in [0.25, 0.3) is 0 Å². The maximum Gasteiger partial charge on any atom is 0.415 e. The molecule has 21 heavy (non-hydrogen) atoms. The highest BCUT2D eigenvalue weighted by Crippen LogP contribution is 2.39. The largest absolute Gasteiger partial charge is 0.433 e. The van der Waals surface area contributed by atoms with Gasteiger partial charge >= 0.3 is 6.09 Å². The van der Waals surface area contributed by atoms with E-state index in [1.165, 1.54) is 4.90 Å². The maximum atomic E-state index is 13.8. The zero-order chi connectivity index (χ0) is 14.9. The van der Waals surface area contributed by atoms with Crippen molar-refractivity contribution in [3.63, 3.8) is 0 Å². The van der Waals surface area contributed by atoms with Crippen molar-refractivity contribution in [3.8, 4) is 0 Å². The SMILES string of the molecule is O=C1O[C@@](CF)(c2ccccc2Br)CN1c1ccccc1. The molecule has 0 aromatic heterocycles. The van der Waals surface area contributed by atoms with E-state index in [0.29, 0.717) is 11.3 Å². The van der Waals surface area contributed by atoms with Crippen molar-refractivity contribution in [2.24, 2.45) is 0 Å². The number of nitrogens with zero attached hydrogens (tertiary/aromatic N) is 1. The van der Waals surface area contributed by atoms with E-state index in [1.54, 1.807) is 24.3 Å². The van der Waals surface area contributed by atoms with Crippen molar-refractivity contribution >= 4 is 27.7 Å². The highest BCUT2D eigenvalue weighted by molar-refractivity contribution is 9.10. The Kier molecular flexibility index (Phi) is 3.68. The van der Waals surface area contributed by atoms with Gasteiger partial charge < -0.3 is 4.74 Å². The van der Waals surface area contributed by atoms with Crippen LogP contribution in [-0.4, -0.2) is 19.3 Å². The zero-order valence-electron chi connectivity index (χ0n) is 11.1. The molecule has 0 spiro atoms. The van der Waals surface area contributed by atoms with Crippen LogP contribution in [0.15, 0.2) is 59.1 Å². The van der Waals surface area contributed by atoms with Gasteiger partial charge in [0.2, 0.25) is 0 Å². The van der Waals surface area contributed by atoms with Gasteiger partial charge in [0.15, 0.2) is 5.60 Å². The van der Waals surface area contributed by atoms with Crippen molar-refractivity contribution < 1.29 is 13.9 Å². The van der Waals surface area contributed by atoms with E-state index in [-0.39, 0.29) is 6.54 Å². The summed E-state index contributed by atoms with van der Waals surface area (Å²) in [5.41, 5.74) is 0.0664. The normalized spacial score (nSPS) is 21.4. The molecule has 1 heterocycles. The van der Waals surface area contributed by atoms with Crippen molar-refractivity contribution in [1.29, 1.82) is 0 Å². The molecule has 1 amide bonds. The Morgan fingerprint density at radius 3 is 2.48 bits per heavy atom. The topological polar surface area (TPSA) is 29.5 Å². The maximum absolute atomic E-state index is 13.8. The summed E-state index contributed by atoms with van der Waals surface area (Å²) >= 11 is 3.40. The second-order valence-electron chi connectivity index (χ2n) is 4.90.